The van der Waals surface area contributed by atoms with Gasteiger partial charge in [-0.3, -0.25) is 4.79 Å². The molecule has 1 saturated heterocycles. The Morgan fingerprint density at radius 3 is 2.67 bits per heavy atom. The number of carbonyl (C=O) groups is 1. The van der Waals surface area contributed by atoms with Crippen LogP contribution in [0.2, 0.25) is 0 Å². The van der Waals surface area contributed by atoms with Crippen LogP contribution in [-0.4, -0.2) is 43.2 Å². The Hall–Kier alpha value is -1.46. The minimum absolute atomic E-state index is 0.166. The van der Waals surface area contributed by atoms with Gasteiger partial charge in [0.25, 0.3) is 0 Å². The molecule has 1 heterocycles. The molecule has 0 atom stereocenters. The van der Waals surface area contributed by atoms with Gasteiger partial charge in [-0.05, 0) is 56.3 Å². The first-order valence-corrected chi connectivity index (χ1v) is 9.03. The van der Waals surface area contributed by atoms with E-state index >= 15 is 0 Å². The van der Waals surface area contributed by atoms with E-state index in [-0.39, 0.29) is 17.8 Å². The number of amides is 1. The number of ether oxygens (including phenoxy) is 1. The summed E-state index contributed by atoms with van der Waals surface area (Å²) in [6.07, 6.45) is 5.52. The molecule has 0 spiro atoms. The van der Waals surface area contributed by atoms with Gasteiger partial charge in [0.05, 0.1) is 11.5 Å². The van der Waals surface area contributed by atoms with Gasteiger partial charge in [-0.25, -0.2) is 4.39 Å². The van der Waals surface area contributed by atoms with Gasteiger partial charge in [-0.15, -0.1) is 0 Å². The molecule has 132 valence electrons. The number of hydrogen-bond donors (Lipinski definition) is 1. The molecule has 0 unspecified atom stereocenters. The van der Waals surface area contributed by atoms with E-state index in [0.29, 0.717) is 13.2 Å². The third-order valence-corrected chi connectivity index (χ3v) is 5.42. The highest BCUT2D eigenvalue weighted by Gasteiger charge is 2.48. The molecule has 1 aliphatic heterocycles. The number of likely N-dealkylation sites (tertiary alicyclic amines) is 1. The van der Waals surface area contributed by atoms with Gasteiger partial charge in [-0.2, -0.15) is 0 Å². The third-order valence-electron chi connectivity index (χ3n) is 5.42. The molecule has 24 heavy (non-hydrogen) atoms. The molecule has 2 N–H and O–H groups in total. The van der Waals surface area contributed by atoms with E-state index in [1.165, 1.54) is 12.1 Å². The van der Waals surface area contributed by atoms with Crippen molar-refractivity contribution < 1.29 is 13.9 Å². The van der Waals surface area contributed by atoms with Gasteiger partial charge in [0.1, 0.15) is 5.82 Å². The molecule has 2 fully saturated rings. The lowest BCUT2D eigenvalue weighted by molar-refractivity contribution is -0.143. The summed E-state index contributed by atoms with van der Waals surface area (Å²) in [6.45, 7) is 2.79. The smallest absolute Gasteiger partial charge is 0.233 e. The van der Waals surface area contributed by atoms with Crippen molar-refractivity contribution in [1.29, 1.82) is 0 Å². The van der Waals surface area contributed by atoms with Gasteiger partial charge >= 0.3 is 0 Å². The number of nitrogens with zero attached hydrogens (tertiary/aromatic N) is 1. The van der Waals surface area contributed by atoms with Crippen LogP contribution in [0.3, 0.4) is 0 Å². The fourth-order valence-corrected chi connectivity index (χ4v) is 3.80. The number of carbonyl (C=O) groups excluding carboxylic acids is 1. The Labute approximate surface area is 143 Å². The Morgan fingerprint density at radius 1 is 1.33 bits per heavy atom. The maximum atomic E-state index is 13.6. The van der Waals surface area contributed by atoms with E-state index in [2.05, 4.69) is 0 Å². The van der Waals surface area contributed by atoms with Crippen molar-refractivity contribution in [3.05, 3.63) is 35.6 Å². The first-order valence-electron chi connectivity index (χ1n) is 9.03. The monoisotopic (exact) mass is 334 g/mol. The van der Waals surface area contributed by atoms with Crippen molar-refractivity contribution in [3.8, 4) is 0 Å². The summed E-state index contributed by atoms with van der Waals surface area (Å²) in [7, 11) is 0. The van der Waals surface area contributed by atoms with Crippen LogP contribution >= 0.6 is 0 Å². The Balaban J connectivity index is 1.62. The summed E-state index contributed by atoms with van der Waals surface area (Å²) in [5.74, 6) is -0.0988. The third kappa shape index (κ3) is 3.47. The summed E-state index contributed by atoms with van der Waals surface area (Å²) < 4.78 is 19.4. The SMILES string of the molecule is NCCCOC1CCN(C(=O)C2(c3cccc(F)c3)CCC2)CC1. The van der Waals surface area contributed by atoms with E-state index in [1.807, 2.05) is 11.0 Å². The van der Waals surface area contributed by atoms with Gasteiger partial charge in [-0.1, -0.05) is 18.6 Å². The van der Waals surface area contributed by atoms with Crippen molar-refractivity contribution in [1.82, 2.24) is 4.90 Å². The molecule has 5 heteroatoms. The fourth-order valence-electron chi connectivity index (χ4n) is 3.80. The molecule has 1 saturated carbocycles. The van der Waals surface area contributed by atoms with Crippen LogP contribution < -0.4 is 5.73 Å². The number of benzene rings is 1. The van der Waals surface area contributed by atoms with Crippen molar-refractivity contribution in [2.45, 2.75) is 50.0 Å². The van der Waals surface area contributed by atoms with E-state index in [4.69, 9.17) is 10.5 Å². The van der Waals surface area contributed by atoms with Crippen LogP contribution in [0.15, 0.2) is 24.3 Å². The second-order valence-corrected chi connectivity index (χ2v) is 6.95. The molecule has 1 aliphatic carbocycles. The zero-order valence-electron chi connectivity index (χ0n) is 14.2. The number of rotatable bonds is 6. The van der Waals surface area contributed by atoms with Crippen molar-refractivity contribution in [3.63, 3.8) is 0 Å². The number of halogens is 1. The van der Waals surface area contributed by atoms with E-state index in [0.717, 1.165) is 57.2 Å². The second kappa shape index (κ2) is 7.62. The van der Waals surface area contributed by atoms with Crippen LogP contribution in [0, 0.1) is 5.82 Å². The Bertz CT molecular complexity index is 566. The zero-order valence-corrected chi connectivity index (χ0v) is 14.2. The number of piperidine rings is 1. The lowest BCUT2D eigenvalue weighted by Crippen LogP contribution is -2.53. The van der Waals surface area contributed by atoms with Crippen LogP contribution in [0.5, 0.6) is 0 Å². The van der Waals surface area contributed by atoms with Gasteiger partial charge in [0.2, 0.25) is 5.91 Å². The topological polar surface area (TPSA) is 55.6 Å². The van der Waals surface area contributed by atoms with Gasteiger partial charge in [0.15, 0.2) is 0 Å². The highest BCUT2D eigenvalue weighted by molar-refractivity contribution is 5.89. The molecule has 3 rings (SSSR count). The molecular weight excluding hydrogens is 307 g/mol. The summed E-state index contributed by atoms with van der Waals surface area (Å²) in [4.78, 5) is 15.1. The molecule has 0 aromatic heterocycles. The predicted octanol–water partition coefficient (Wildman–Crippen LogP) is 2.60. The fraction of sp³-hybridized carbons (Fsp3) is 0.632. The van der Waals surface area contributed by atoms with E-state index < -0.39 is 5.41 Å². The van der Waals surface area contributed by atoms with Crippen LogP contribution in [0.25, 0.3) is 0 Å². The maximum absolute atomic E-state index is 13.6. The minimum atomic E-state index is -0.505. The minimum Gasteiger partial charge on any atom is -0.378 e. The van der Waals surface area contributed by atoms with Gasteiger partial charge < -0.3 is 15.4 Å². The quantitative estimate of drug-likeness (QED) is 0.814. The largest absolute Gasteiger partial charge is 0.378 e. The average Bonchev–Trinajstić information content (AvgIpc) is 2.55. The first-order chi connectivity index (χ1) is 11.7. The van der Waals surface area contributed by atoms with Crippen molar-refractivity contribution in [2.75, 3.05) is 26.2 Å². The number of hydrogen-bond acceptors (Lipinski definition) is 3. The lowest BCUT2D eigenvalue weighted by Gasteiger charge is -2.45. The van der Waals surface area contributed by atoms with E-state index in [9.17, 15) is 9.18 Å². The summed E-state index contributed by atoms with van der Waals surface area (Å²) in [5, 5.41) is 0. The van der Waals surface area contributed by atoms with Crippen LogP contribution in [0.4, 0.5) is 4.39 Å². The van der Waals surface area contributed by atoms with Gasteiger partial charge in [0, 0.05) is 19.7 Å². The van der Waals surface area contributed by atoms with Crippen molar-refractivity contribution in [2.24, 2.45) is 5.73 Å². The van der Waals surface area contributed by atoms with E-state index in [1.54, 1.807) is 6.07 Å². The number of nitrogens with two attached hydrogens (primary N) is 1. The normalized spacial score (nSPS) is 20.7. The molecule has 0 radical (unpaired) electrons. The first kappa shape index (κ1) is 17.4. The molecular formula is C19H27FN2O2. The molecule has 2 aliphatic rings. The molecule has 1 amide bonds. The van der Waals surface area contributed by atoms with Crippen LogP contribution in [-0.2, 0) is 14.9 Å². The molecule has 1 aromatic carbocycles. The average molecular weight is 334 g/mol. The zero-order chi connectivity index (χ0) is 17.0. The van der Waals surface area contributed by atoms with Crippen molar-refractivity contribution >= 4 is 5.91 Å². The highest BCUT2D eigenvalue weighted by atomic mass is 19.1. The highest BCUT2D eigenvalue weighted by Crippen LogP contribution is 2.45. The van der Waals surface area contributed by atoms with Crippen LogP contribution in [0.1, 0.15) is 44.1 Å². The molecule has 4 nitrogen and oxygen atoms in total. The Kier molecular flexibility index (Phi) is 5.51. The standard InChI is InChI=1S/C19H27FN2O2/c20-16-5-1-4-15(14-16)19(8-2-9-19)18(23)22-11-6-17(7-12-22)24-13-3-10-21/h1,4-5,14,17H,2-3,6-13,21H2. The molecule has 0 bridgehead atoms. The lowest BCUT2D eigenvalue weighted by atomic mass is 9.63. The summed E-state index contributed by atoms with van der Waals surface area (Å²) in [5.41, 5.74) is 5.81. The predicted molar refractivity (Wildman–Crippen MR) is 91.2 cm³/mol. The Morgan fingerprint density at radius 2 is 2.08 bits per heavy atom. The second-order valence-electron chi connectivity index (χ2n) is 6.95. The molecule has 1 aromatic rings. The summed E-state index contributed by atoms with van der Waals surface area (Å²) >= 11 is 0. The summed E-state index contributed by atoms with van der Waals surface area (Å²) in [6, 6.07) is 6.56. The maximum Gasteiger partial charge on any atom is 0.233 e.